The fourth-order valence-electron chi connectivity index (χ4n) is 4.55. The Morgan fingerprint density at radius 2 is 1.97 bits per heavy atom. The van der Waals surface area contributed by atoms with E-state index < -0.39 is 0 Å². The van der Waals surface area contributed by atoms with E-state index in [0.717, 1.165) is 70.5 Å². The number of aryl methyl sites for hydroxylation is 1. The number of aromatic nitrogens is 1. The molecule has 2 unspecified atom stereocenters. The monoisotopic (exact) mass is 508 g/mol. The first-order valence-corrected chi connectivity index (χ1v) is 13.7. The second-order valence-electron chi connectivity index (χ2n) is 8.72. The standard InChI is InChI=1S/C31H26ClN2OP/c1-2-22-11-10-21(16-29(22)32)19-35-31(26-8-5-15-36-20-26)24-12-13-25(18-33)28(17-24)27-9-3-6-23-7-4-14-34-30(23)27/h3-14,16-17,20,31,36H,2,15,19H2,1H3. The minimum absolute atomic E-state index is 0.256. The zero-order valence-corrected chi connectivity index (χ0v) is 21.8. The van der Waals surface area contributed by atoms with Crippen molar-refractivity contribution < 1.29 is 4.74 Å². The van der Waals surface area contributed by atoms with Gasteiger partial charge in [0, 0.05) is 27.7 Å². The van der Waals surface area contributed by atoms with Gasteiger partial charge < -0.3 is 4.74 Å². The van der Waals surface area contributed by atoms with Gasteiger partial charge in [0.15, 0.2) is 0 Å². The van der Waals surface area contributed by atoms with Gasteiger partial charge >= 0.3 is 0 Å². The van der Waals surface area contributed by atoms with Crippen LogP contribution in [0.1, 0.15) is 35.3 Å². The largest absolute Gasteiger partial charge is 0.364 e. The topological polar surface area (TPSA) is 45.9 Å². The van der Waals surface area contributed by atoms with E-state index in [1.165, 1.54) is 0 Å². The zero-order valence-electron chi connectivity index (χ0n) is 20.0. The summed E-state index contributed by atoms with van der Waals surface area (Å²) in [7, 11) is 0.729. The molecule has 36 heavy (non-hydrogen) atoms. The summed E-state index contributed by atoms with van der Waals surface area (Å²) in [5, 5.41) is 11.7. The Morgan fingerprint density at radius 1 is 1.08 bits per heavy atom. The van der Waals surface area contributed by atoms with E-state index in [2.05, 4.69) is 54.1 Å². The highest BCUT2D eigenvalue weighted by atomic mass is 35.5. The first-order chi connectivity index (χ1) is 17.7. The van der Waals surface area contributed by atoms with Crippen molar-refractivity contribution in [1.82, 2.24) is 4.98 Å². The summed E-state index contributed by atoms with van der Waals surface area (Å²) in [4.78, 5) is 4.62. The van der Waals surface area contributed by atoms with Gasteiger partial charge in [0.1, 0.15) is 6.10 Å². The predicted octanol–water partition coefficient (Wildman–Crippen LogP) is 8.38. The molecule has 0 saturated carbocycles. The van der Waals surface area contributed by atoms with Crippen LogP contribution in [-0.2, 0) is 17.8 Å². The normalized spacial score (nSPS) is 14.5. The number of nitrogens with zero attached hydrogens (tertiary/aromatic N) is 2. The Bertz CT molecular complexity index is 1510. The van der Waals surface area contributed by atoms with Gasteiger partial charge in [-0.05, 0) is 59.1 Å². The lowest BCUT2D eigenvalue weighted by molar-refractivity contribution is 0.0664. The summed E-state index contributed by atoms with van der Waals surface area (Å²) in [5.41, 5.74) is 7.64. The minimum Gasteiger partial charge on any atom is -0.364 e. The summed E-state index contributed by atoms with van der Waals surface area (Å²) < 4.78 is 6.56. The number of pyridine rings is 1. The van der Waals surface area contributed by atoms with Crippen molar-refractivity contribution in [3.63, 3.8) is 0 Å². The first-order valence-electron chi connectivity index (χ1n) is 12.0. The molecule has 0 amide bonds. The lowest BCUT2D eigenvalue weighted by Gasteiger charge is -2.23. The van der Waals surface area contributed by atoms with Gasteiger partial charge in [-0.1, -0.05) is 87.5 Å². The lowest BCUT2D eigenvalue weighted by Crippen LogP contribution is -2.08. The van der Waals surface area contributed by atoms with Crippen molar-refractivity contribution in [1.29, 1.82) is 5.26 Å². The molecule has 3 aromatic carbocycles. The van der Waals surface area contributed by atoms with E-state index in [0.29, 0.717) is 12.2 Å². The second-order valence-corrected chi connectivity index (χ2v) is 10.2. The van der Waals surface area contributed by atoms with Gasteiger partial charge in [-0.25, -0.2) is 0 Å². The maximum Gasteiger partial charge on any atom is 0.108 e. The Balaban J connectivity index is 1.55. The number of fused-ring (bicyclic) bond motifs is 1. The number of benzene rings is 3. The highest BCUT2D eigenvalue weighted by Crippen LogP contribution is 2.38. The number of rotatable bonds is 7. The van der Waals surface area contributed by atoms with Crippen LogP contribution in [-0.4, -0.2) is 11.1 Å². The third-order valence-electron chi connectivity index (χ3n) is 6.42. The molecule has 0 N–H and O–H groups in total. The van der Waals surface area contributed by atoms with Crippen molar-refractivity contribution >= 4 is 31.1 Å². The van der Waals surface area contributed by atoms with E-state index in [1.807, 2.05) is 48.5 Å². The molecule has 1 aliphatic rings. The van der Waals surface area contributed by atoms with E-state index in [1.54, 1.807) is 6.20 Å². The Morgan fingerprint density at radius 3 is 2.75 bits per heavy atom. The number of hydrogen-bond acceptors (Lipinski definition) is 3. The summed E-state index contributed by atoms with van der Waals surface area (Å²) in [6.07, 6.45) is 7.86. The molecule has 0 spiro atoms. The summed E-state index contributed by atoms with van der Waals surface area (Å²) in [6.45, 7) is 2.54. The molecule has 0 aliphatic carbocycles. The van der Waals surface area contributed by atoms with Crippen LogP contribution in [0.3, 0.4) is 0 Å². The van der Waals surface area contributed by atoms with Gasteiger partial charge in [-0.3, -0.25) is 4.98 Å². The minimum atomic E-state index is -0.256. The molecule has 0 bridgehead atoms. The first kappa shape index (κ1) is 24.4. The predicted molar refractivity (Wildman–Crippen MR) is 151 cm³/mol. The Labute approximate surface area is 218 Å². The van der Waals surface area contributed by atoms with Crippen molar-refractivity contribution in [2.75, 3.05) is 6.16 Å². The second kappa shape index (κ2) is 11.2. The van der Waals surface area contributed by atoms with Crippen LogP contribution in [0.4, 0.5) is 0 Å². The van der Waals surface area contributed by atoms with Gasteiger partial charge in [0.25, 0.3) is 0 Å². The molecule has 5 heteroatoms. The molecular formula is C31H26ClN2OP. The quantitative estimate of drug-likeness (QED) is 0.235. The zero-order chi connectivity index (χ0) is 24.9. The molecule has 0 fully saturated rings. The number of nitriles is 1. The van der Waals surface area contributed by atoms with E-state index in [-0.39, 0.29) is 6.10 Å². The van der Waals surface area contributed by atoms with Crippen LogP contribution in [0.25, 0.3) is 22.0 Å². The molecule has 4 aromatic rings. The fourth-order valence-corrected chi connectivity index (χ4v) is 5.74. The van der Waals surface area contributed by atoms with Crippen LogP contribution in [0.2, 0.25) is 5.02 Å². The SMILES string of the molecule is CCc1ccc(COC(C2=CPCC=C2)c2ccc(C#N)c(-c3cccc4cccnc34)c2)cc1Cl. The molecule has 5 rings (SSSR count). The van der Waals surface area contributed by atoms with Crippen LogP contribution in [0.15, 0.2) is 96.5 Å². The van der Waals surface area contributed by atoms with Gasteiger partial charge in [-0.15, -0.1) is 0 Å². The smallest absolute Gasteiger partial charge is 0.108 e. The summed E-state index contributed by atoms with van der Waals surface area (Å²) in [6, 6.07) is 24.6. The molecule has 178 valence electrons. The molecule has 2 heterocycles. The molecule has 1 aromatic heterocycles. The maximum atomic E-state index is 9.92. The van der Waals surface area contributed by atoms with E-state index in [9.17, 15) is 5.26 Å². The fraction of sp³-hybridized carbons (Fsp3) is 0.161. The molecule has 0 radical (unpaired) electrons. The molecule has 0 saturated heterocycles. The van der Waals surface area contributed by atoms with Gasteiger partial charge in [-0.2, -0.15) is 5.26 Å². The summed E-state index contributed by atoms with van der Waals surface area (Å²) >= 11 is 6.47. The van der Waals surface area contributed by atoms with Gasteiger partial charge in [0.05, 0.1) is 23.8 Å². The maximum absolute atomic E-state index is 9.92. The third kappa shape index (κ3) is 5.13. The molecule has 2 atom stereocenters. The van der Waals surface area contributed by atoms with E-state index >= 15 is 0 Å². The average Bonchev–Trinajstić information content (AvgIpc) is 2.93. The van der Waals surface area contributed by atoms with E-state index in [4.69, 9.17) is 16.3 Å². The van der Waals surface area contributed by atoms with Crippen molar-refractivity contribution in [2.45, 2.75) is 26.1 Å². The number of para-hydroxylation sites is 1. The lowest BCUT2D eigenvalue weighted by atomic mass is 9.92. The number of hydrogen-bond donors (Lipinski definition) is 0. The highest BCUT2D eigenvalue weighted by Gasteiger charge is 2.20. The molecular weight excluding hydrogens is 483 g/mol. The molecule has 3 nitrogen and oxygen atoms in total. The van der Waals surface area contributed by atoms with Gasteiger partial charge in [0.2, 0.25) is 0 Å². The van der Waals surface area contributed by atoms with Crippen molar-refractivity contribution in [3.05, 3.63) is 124 Å². The molecule has 1 aliphatic heterocycles. The van der Waals surface area contributed by atoms with Crippen molar-refractivity contribution in [2.24, 2.45) is 0 Å². The Kier molecular flexibility index (Phi) is 7.59. The van der Waals surface area contributed by atoms with Crippen LogP contribution < -0.4 is 0 Å². The number of halogens is 1. The highest BCUT2D eigenvalue weighted by molar-refractivity contribution is 7.42. The van der Waals surface area contributed by atoms with Crippen LogP contribution >= 0.6 is 20.2 Å². The summed E-state index contributed by atoms with van der Waals surface area (Å²) in [5.74, 6) is 2.27. The van der Waals surface area contributed by atoms with Crippen molar-refractivity contribution in [3.8, 4) is 17.2 Å². The number of allylic oxidation sites excluding steroid dienone is 1. The van der Waals surface area contributed by atoms with Crippen LogP contribution in [0, 0.1) is 11.3 Å². The third-order valence-corrected chi connectivity index (χ3v) is 7.78. The van der Waals surface area contributed by atoms with Crippen LogP contribution in [0.5, 0.6) is 0 Å². The average molecular weight is 509 g/mol. The number of ether oxygens (including phenoxy) is 1. The Hall–Kier alpha value is -3.28.